The lowest BCUT2D eigenvalue weighted by Gasteiger charge is -2.17. The number of fused-ring (bicyclic) bond motifs is 1. The van der Waals surface area contributed by atoms with Crippen LogP contribution in [-0.2, 0) is 9.59 Å². The fraction of sp³-hybridized carbons (Fsp3) is 0.158. The maximum absolute atomic E-state index is 13.4. The summed E-state index contributed by atoms with van der Waals surface area (Å²) in [7, 11) is 0. The Bertz CT molecular complexity index is 1010. The zero-order chi connectivity index (χ0) is 20.3. The minimum absolute atomic E-state index is 0.0579. The standard InChI is InChI=1S/C19H15F4N3O2/c20-13-6-11-15(7-14(13)21)24-9-16(11)26-19(28)18(27)25-8-12(17(22)23)10-4-2-1-3-5-10/h1-7,9,12,17,24H,8H2,(H,25,27)(H,26,28)/t12-/m1/s1. The van der Waals surface area contributed by atoms with Crippen molar-refractivity contribution in [3.63, 3.8) is 0 Å². The number of rotatable bonds is 5. The molecule has 0 aliphatic carbocycles. The van der Waals surface area contributed by atoms with E-state index in [2.05, 4.69) is 15.6 Å². The quantitative estimate of drug-likeness (QED) is 0.458. The Hall–Kier alpha value is -3.36. The number of aromatic nitrogens is 1. The number of hydrogen-bond acceptors (Lipinski definition) is 2. The highest BCUT2D eigenvalue weighted by Crippen LogP contribution is 2.25. The summed E-state index contributed by atoms with van der Waals surface area (Å²) in [6.07, 6.45) is -1.47. The van der Waals surface area contributed by atoms with Crippen molar-refractivity contribution in [2.24, 2.45) is 0 Å². The van der Waals surface area contributed by atoms with Crippen molar-refractivity contribution in [2.75, 3.05) is 11.9 Å². The SMILES string of the molecule is O=C(NC[C@H](c1ccccc1)C(F)F)C(=O)Nc1c[nH]c2cc(F)c(F)cc12. The van der Waals surface area contributed by atoms with Crippen molar-refractivity contribution in [1.29, 1.82) is 0 Å². The minimum Gasteiger partial charge on any atom is -0.359 e. The molecule has 0 saturated heterocycles. The fourth-order valence-corrected chi connectivity index (χ4v) is 2.73. The lowest BCUT2D eigenvalue weighted by atomic mass is 10.00. The predicted octanol–water partition coefficient (Wildman–Crippen LogP) is 3.55. The molecule has 0 radical (unpaired) electrons. The molecule has 2 aromatic carbocycles. The summed E-state index contributed by atoms with van der Waals surface area (Å²) in [5.41, 5.74) is 0.603. The van der Waals surface area contributed by atoms with Crippen LogP contribution in [0.3, 0.4) is 0 Å². The summed E-state index contributed by atoms with van der Waals surface area (Å²) in [6.45, 7) is -0.443. The monoisotopic (exact) mass is 393 g/mol. The Morgan fingerprint density at radius 1 is 1.00 bits per heavy atom. The van der Waals surface area contributed by atoms with Crippen LogP contribution in [0, 0.1) is 11.6 Å². The van der Waals surface area contributed by atoms with Crippen LogP contribution in [0.15, 0.2) is 48.7 Å². The van der Waals surface area contributed by atoms with E-state index in [0.29, 0.717) is 5.56 Å². The van der Waals surface area contributed by atoms with Gasteiger partial charge in [-0.25, -0.2) is 17.6 Å². The molecular formula is C19H15F4N3O2. The summed E-state index contributed by atoms with van der Waals surface area (Å²) in [4.78, 5) is 26.6. The van der Waals surface area contributed by atoms with Crippen LogP contribution in [0.4, 0.5) is 23.2 Å². The molecule has 0 aliphatic heterocycles. The molecule has 1 aromatic heterocycles. The summed E-state index contributed by atoms with van der Waals surface area (Å²) in [5.74, 6) is -5.70. The smallest absolute Gasteiger partial charge is 0.313 e. The van der Waals surface area contributed by atoms with Gasteiger partial charge in [0.1, 0.15) is 0 Å². The third-order valence-electron chi connectivity index (χ3n) is 4.19. The zero-order valence-electron chi connectivity index (χ0n) is 14.3. The zero-order valence-corrected chi connectivity index (χ0v) is 14.3. The van der Waals surface area contributed by atoms with Gasteiger partial charge in [0.2, 0.25) is 6.43 Å². The second-order valence-corrected chi connectivity index (χ2v) is 6.03. The molecule has 0 unspecified atom stereocenters. The highest BCUT2D eigenvalue weighted by Gasteiger charge is 2.24. The normalized spacial score (nSPS) is 12.2. The van der Waals surface area contributed by atoms with Gasteiger partial charge in [0.15, 0.2) is 11.6 Å². The Kier molecular flexibility index (Phi) is 5.62. The molecule has 9 heteroatoms. The van der Waals surface area contributed by atoms with E-state index in [9.17, 15) is 27.2 Å². The molecule has 1 heterocycles. The van der Waals surface area contributed by atoms with E-state index >= 15 is 0 Å². The Labute approximate surface area is 156 Å². The van der Waals surface area contributed by atoms with E-state index in [0.717, 1.165) is 12.1 Å². The summed E-state index contributed by atoms with van der Waals surface area (Å²) >= 11 is 0. The lowest BCUT2D eigenvalue weighted by Crippen LogP contribution is -2.38. The molecule has 5 nitrogen and oxygen atoms in total. The molecule has 3 aromatic rings. The first-order chi connectivity index (χ1) is 13.4. The summed E-state index contributed by atoms with van der Waals surface area (Å²) in [6, 6.07) is 9.65. The van der Waals surface area contributed by atoms with E-state index in [1.165, 1.54) is 18.3 Å². The maximum Gasteiger partial charge on any atom is 0.313 e. The number of benzene rings is 2. The van der Waals surface area contributed by atoms with Gasteiger partial charge >= 0.3 is 11.8 Å². The number of carbonyl (C=O) groups is 2. The van der Waals surface area contributed by atoms with Crippen LogP contribution >= 0.6 is 0 Å². The molecule has 0 spiro atoms. The van der Waals surface area contributed by atoms with E-state index < -0.39 is 42.3 Å². The van der Waals surface area contributed by atoms with Crippen LogP contribution in [0.2, 0.25) is 0 Å². The minimum atomic E-state index is -2.74. The van der Waals surface area contributed by atoms with Gasteiger partial charge in [-0.15, -0.1) is 0 Å². The van der Waals surface area contributed by atoms with Gasteiger partial charge in [-0.2, -0.15) is 0 Å². The average molecular weight is 393 g/mol. The number of halogens is 4. The molecule has 0 bridgehead atoms. The second kappa shape index (κ2) is 8.12. The van der Waals surface area contributed by atoms with Gasteiger partial charge in [0, 0.05) is 24.2 Å². The number of anilines is 1. The molecule has 146 valence electrons. The molecule has 3 N–H and O–H groups in total. The molecule has 1 atom stereocenters. The lowest BCUT2D eigenvalue weighted by molar-refractivity contribution is -0.136. The molecule has 3 rings (SSSR count). The van der Waals surface area contributed by atoms with Crippen LogP contribution in [-0.4, -0.2) is 29.8 Å². The van der Waals surface area contributed by atoms with Gasteiger partial charge in [-0.3, -0.25) is 9.59 Å². The second-order valence-electron chi connectivity index (χ2n) is 6.03. The van der Waals surface area contributed by atoms with Crippen molar-refractivity contribution in [3.05, 3.63) is 65.9 Å². The van der Waals surface area contributed by atoms with Gasteiger partial charge in [-0.05, 0) is 11.6 Å². The molecular weight excluding hydrogens is 378 g/mol. The van der Waals surface area contributed by atoms with Crippen molar-refractivity contribution in [3.8, 4) is 0 Å². The van der Waals surface area contributed by atoms with E-state index in [4.69, 9.17) is 0 Å². The number of amides is 2. The Morgan fingerprint density at radius 2 is 1.68 bits per heavy atom. The van der Waals surface area contributed by atoms with Crippen molar-refractivity contribution in [1.82, 2.24) is 10.3 Å². The number of aromatic amines is 1. The molecule has 28 heavy (non-hydrogen) atoms. The number of H-pyrrole nitrogens is 1. The number of carbonyl (C=O) groups excluding carboxylic acids is 2. The van der Waals surface area contributed by atoms with Crippen LogP contribution in [0.5, 0.6) is 0 Å². The highest BCUT2D eigenvalue weighted by molar-refractivity contribution is 6.40. The van der Waals surface area contributed by atoms with Crippen molar-refractivity contribution >= 4 is 28.4 Å². The fourth-order valence-electron chi connectivity index (χ4n) is 2.73. The third kappa shape index (κ3) is 4.13. The maximum atomic E-state index is 13.4. The Morgan fingerprint density at radius 3 is 2.36 bits per heavy atom. The average Bonchev–Trinajstić information content (AvgIpc) is 3.04. The molecule has 0 aliphatic rings. The van der Waals surface area contributed by atoms with Gasteiger partial charge < -0.3 is 15.6 Å². The Balaban J connectivity index is 1.66. The molecule has 2 amide bonds. The highest BCUT2D eigenvalue weighted by atomic mass is 19.3. The first-order valence-corrected chi connectivity index (χ1v) is 8.25. The van der Waals surface area contributed by atoms with Crippen molar-refractivity contribution in [2.45, 2.75) is 12.3 Å². The topological polar surface area (TPSA) is 74.0 Å². The van der Waals surface area contributed by atoms with Gasteiger partial charge in [-0.1, -0.05) is 30.3 Å². The van der Waals surface area contributed by atoms with Crippen molar-refractivity contribution < 1.29 is 27.2 Å². The van der Waals surface area contributed by atoms with Crippen LogP contribution < -0.4 is 10.6 Å². The molecule has 0 fully saturated rings. The summed E-state index contributed by atoms with van der Waals surface area (Å²) in [5, 5.41) is 4.58. The first-order valence-electron chi connectivity index (χ1n) is 8.25. The molecule has 0 saturated carbocycles. The van der Waals surface area contributed by atoms with Crippen LogP contribution in [0.1, 0.15) is 11.5 Å². The van der Waals surface area contributed by atoms with E-state index in [-0.39, 0.29) is 16.6 Å². The number of alkyl halides is 2. The predicted molar refractivity (Wildman–Crippen MR) is 95.0 cm³/mol. The van der Waals surface area contributed by atoms with Crippen LogP contribution in [0.25, 0.3) is 10.9 Å². The van der Waals surface area contributed by atoms with E-state index in [1.807, 2.05) is 0 Å². The number of hydrogen-bond donors (Lipinski definition) is 3. The summed E-state index contributed by atoms with van der Waals surface area (Å²) < 4.78 is 53.1. The van der Waals surface area contributed by atoms with E-state index in [1.54, 1.807) is 18.2 Å². The first kappa shape index (κ1) is 19.4. The largest absolute Gasteiger partial charge is 0.359 e. The van der Waals surface area contributed by atoms with Gasteiger partial charge in [0.05, 0.1) is 17.1 Å². The van der Waals surface area contributed by atoms with Gasteiger partial charge in [0.25, 0.3) is 0 Å². The number of nitrogens with one attached hydrogen (secondary N) is 3. The third-order valence-corrected chi connectivity index (χ3v) is 4.19.